The van der Waals surface area contributed by atoms with Crippen LogP contribution < -0.4 is 10.1 Å². The molecule has 0 fully saturated rings. The number of hydrogen-bond donors (Lipinski definition) is 1. The highest BCUT2D eigenvalue weighted by atomic mass is 79.9. The van der Waals surface area contributed by atoms with Crippen LogP contribution in [0.3, 0.4) is 0 Å². The molecule has 138 valence electrons. The molecule has 1 aliphatic rings. The number of fused-ring (bicyclic) bond motifs is 1. The maximum absolute atomic E-state index is 12.3. The molecule has 1 N–H and O–H groups in total. The predicted molar refractivity (Wildman–Crippen MR) is 109 cm³/mol. The minimum atomic E-state index is -0.103. The van der Waals surface area contributed by atoms with E-state index in [1.54, 1.807) is 0 Å². The van der Waals surface area contributed by atoms with Gasteiger partial charge in [0, 0.05) is 4.47 Å². The molecule has 3 nitrogen and oxygen atoms in total. The van der Waals surface area contributed by atoms with Gasteiger partial charge in [-0.1, -0.05) is 34.1 Å². The summed E-state index contributed by atoms with van der Waals surface area (Å²) in [5, 5.41) is 3.04. The lowest BCUT2D eigenvalue weighted by atomic mass is 9.89. The molecule has 0 aromatic heterocycles. The quantitative estimate of drug-likeness (QED) is 0.728. The largest absolute Gasteiger partial charge is 0.484 e. The van der Waals surface area contributed by atoms with Crippen LogP contribution in [0.5, 0.6) is 5.75 Å². The number of hydrogen-bond acceptors (Lipinski definition) is 2. The summed E-state index contributed by atoms with van der Waals surface area (Å²) in [6, 6.07) is 10.5. The second-order valence-electron chi connectivity index (χ2n) is 7.18. The van der Waals surface area contributed by atoms with E-state index in [0.29, 0.717) is 0 Å². The normalized spacial score (nSPS) is 14.5. The number of nitrogens with one attached hydrogen (secondary N) is 1. The molecule has 0 spiro atoms. The topological polar surface area (TPSA) is 38.3 Å². The van der Waals surface area contributed by atoms with E-state index in [1.165, 1.54) is 30.4 Å². The van der Waals surface area contributed by atoms with Gasteiger partial charge in [0.1, 0.15) is 5.75 Å². The molecule has 1 aliphatic carbocycles. The Kier molecular flexibility index (Phi) is 6.02. The lowest BCUT2D eigenvalue weighted by molar-refractivity contribution is -0.123. The van der Waals surface area contributed by atoms with Crippen molar-refractivity contribution in [1.29, 1.82) is 0 Å². The van der Waals surface area contributed by atoms with Gasteiger partial charge in [-0.2, -0.15) is 0 Å². The van der Waals surface area contributed by atoms with Crippen molar-refractivity contribution in [2.75, 3.05) is 6.61 Å². The molecule has 0 saturated carbocycles. The van der Waals surface area contributed by atoms with Crippen molar-refractivity contribution < 1.29 is 9.53 Å². The number of amides is 1. The molecule has 0 bridgehead atoms. The summed E-state index contributed by atoms with van der Waals surface area (Å²) in [6.45, 7) is 6.08. The zero-order valence-corrected chi connectivity index (χ0v) is 17.3. The Bertz CT molecular complexity index is 793. The molecule has 3 rings (SSSR count). The standard InChI is InChI=1S/C22H26BrNO2/c1-14-10-20(11-15(2)22(14)23)26-13-21(25)24-16(3)18-9-8-17-6-4-5-7-19(17)12-18/h8-12,16H,4-7,13H2,1-3H3,(H,24,25)/t16-/m1/s1. The first-order valence-corrected chi connectivity index (χ1v) is 10.0. The number of benzene rings is 2. The van der Waals surface area contributed by atoms with E-state index in [0.717, 1.165) is 33.3 Å². The summed E-state index contributed by atoms with van der Waals surface area (Å²) < 4.78 is 6.76. The van der Waals surface area contributed by atoms with Crippen LogP contribution in [0.2, 0.25) is 0 Å². The number of aryl methyl sites for hydroxylation is 4. The molecule has 0 radical (unpaired) electrons. The van der Waals surface area contributed by atoms with Crippen LogP contribution in [-0.4, -0.2) is 12.5 Å². The fourth-order valence-electron chi connectivity index (χ4n) is 3.53. The third-order valence-corrected chi connectivity index (χ3v) is 6.28. The Hall–Kier alpha value is -1.81. The van der Waals surface area contributed by atoms with E-state index in [1.807, 2.05) is 32.9 Å². The third kappa shape index (κ3) is 4.47. The average Bonchev–Trinajstić information content (AvgIpc) is 2.63. The zero-order valence-electron chi connectivity index (χ0n) is 15.7. The first-order chi connectivity index (χ1) is 12.4. The molecule has 4 heteroatoms. The second kappa shape index (κ2) is 8.26. The van der Waals surface area contributed by atoms with Crippen molar-refractivity contribution in [3.8, 4) is 5.75 Å². The lowest BCUT2D eigenvalue weighted by Crippen LogP contribution is -2.31. The van der Waals surface area contributed by atoms with Gasteiger partial charge in [0.05, 0.1) is 6.04 Å². The highest BCUT2D eigenvalue weighted by Gasteiger charge is 2.14. The van der Waals surface area contributed by atoms with E-state index in [4.69, 9.17) is 4.74 Å². The van der Waals surface area contributed by atoms with E-state index in [9.17, 15) is 4.79 Å². The van der Waals surface area contributed by atoms with Crippen LogP contribution in [0.25, 0.3) is 0 Å². The van der Waals surface area contributed by atoms with Gasteiger partial charge in [-0.3, -0.25) is 4.79 Å². The minimum Gasteiger partial charge on any atom is -0.484 e. The zero-order chi connectivity index (χ0) is 18.7. The summed E-state index contributed by atoms with van der Waals surface area (Å²) in [4.78, 5) is 12.3. The smallest absolute Gasteiger partial charge is 0.258 e. The highest BCUT2D eigenvalue weighted by molar-refractivity contribution is 9.10. The fourth-order valence-corrected chi connectivity index (χ4v) is 3.76. The van der Waals surface area contributed by atoms with Crippen LogP contribution in [0.1, 0.15) is 53.6 Å². The Labute approximate surface area is 164 Å². The van der Waals surface area contributed by atoms with Crippen molar-refractivity contribution in [2.24, 2.45) is 0 Å². The van der Waals surface area contributed by atoms with E-state index < -0.39 is 0 Å². The summed E-state index contributed by atoms with van der Waals surface area (Å²) in [7, 11) is 0. The minimum absolute atomic E-state index is 0.0216. The van der Waals surface area contributed by atoms with Crippen LogP contribution in [0.4, 0.5) is 0 Å². The van der Waals surface area contributed by atoms with Crippen LogP contribution in [-0.2, 0) is 17.6 Å². The monoisotopic (exact) mass is 415 g/mol. The highest BCUT2D eigenvalue weighted by Crippen LogP contribution is 2.27. The molecular formula is C22H26BrNO2. The summed E-state index contributed by atoms with van der Waals surface area (Å²) in [5.74, 6) is 0.619. The van der Waals surface area contributed by atoms with Crippen LogP contribution >= 0.6 is 15.9 Å². The van der Waals surface area contributed by atoms with E-state index >= 15 is 0 Å². The van der Waals surface area contributed by atoms with Crippen molar-refractivity contribution in [3.63, 3.8) is 0 Å². The van der Waals surface area contributed by atoms with Crippen LogP contribution in [0.15, 0.2) is 34.8 Å². The number of carbonyl (C=O) groups excluding carboxylic acids is 1. The lowest BCUT2D eigenvalue weighted by Gasteiger charge is -2.20. The third-order valence-electron chi connectivity index (χ3n) is 5.03. The molecule has 0 aliphatic heterocycles. The second-order valence-corrected chi connectivity index (χ2v) is 7.98. The first kappa shape index (κ1) is 19.0. The molecule has 1 atom stereocenters. The molecule has 0 saturated heterocycles. The maximum Gasteiger partial charge on any atom is 0.258 e. The Morgan fingerprint density at radius 2 is 1.77 bits per heavy atom. The maximum atomic E-state index is 12.3. The summed E-state index contributed by atoms with van der Waals surface area (Å²) >= 11 is 3.54. The Balaban J connectivity index is 1.58. The van der Waals surface area contributed by atoms with Crippen molar-refractivity contribution in [3.05, 3.63) is 62.6 Å². The van der Waals surface area contributed by atoms with Gasteiger partial charge in [-0.25, -0.2) is 0 Å². The van der Waals surface area contributed by atoms with Crippen molar-refractivity contribution in [2.45, 2.75) is 52.5 Å². The molecule has 2 aromatic carbocycles. The summed E-state index contributed by atoms with van der Waals surface area (Å²) in [5.41, 5.74) is 6.26. The molecule has 26 heavy (non-hydrogen) atoms. The molecule has 0 unspecified atom stereocenters. The van der Waals surface area contributed by atoms with E-state index in [-0.39, 0.29) is 18.6 Å². The molecule has 2 aromatic rings. The van der Waals surface area contributed by atoms with Gasteiger partial charge in [-0.15, -0.1) is 0 Å². The van der Waals surface area contributed by atoms with Crippen molar-refractivity contribution in [1.82, 2.24) is 5.32 Å². The molecule has 1 amide bonds. The predicted octanol–water partition coefficient (Wildman–Crippen LogP) is 5.20. The van der Waals surface area contributed by atoms with Gasteiger partial charge < -0.3 is 10.1 Å². The number of carbonyl (C=O) groups is 1. The SMILES string of the molecule is Cc1cc(OCC(=O)N[C@H](C)c2ccc3c(c2)CCCC3)cc(C)c1Br. The van der Waals surface area contributed by atoms with Gasteiger partial charge in [0.2, 0.25) is 0 Å². The Morgan fingerprint density at radius 3 is 2.46 bits per heavy atom. The van der Waals surface area contributed by atoms with E-state index in [2.05, 4.69) is 39.4 Å². The number of rotatable bonds is 5. The average molecular weight is 416 g/mol. The molecule has 0 heterocycles. The molecular weight excluding hydrogens is 390 g/mol. The summed E-state index contributed by atoms with van der Waals surface area (Å²) in [6.07, 6.45) is 4.87. The fraction of sp³-hybridized carbons (Fsp3) is 0.409. The van der Waals surface area contributed by atoms with Gasteiger partial charge >= 0.3 is 0 Å². The number of ether oxygens (including phenoxy) is 1. The van der Waals surface area contributed by atoms with Gasteiger partial charge in [0.15, 0.2) is 6.61 Å². The van der Waals surface area contributed by atoms with Crippen molar-refractivity contribution >= 4 is 21.8 Å². The number of halogens is 1. The first-order valence-electron chi connectivity index (χ1n) is 9.24. The van der Waals surface area contributed by atoms with Crippen LogP contribution in [0, 0.1) is 13.8 Å². The Morgan fingerprint density at radius 1 is 1.12 bits per heavy atom. The van der Waals surface area contributed by atoms with Gasteiger partial charge in [-0.05, 0) is 86.4 Å². The van der Waals surface area contributed by atoms with Gasteiger partial charge in [0.25, 0.3) is 5.91 Å².